The maximum absolute atomic E-state index is 9.16. The summed E-state index contributed by atoms with van der Waals surface area (Å²) in [7, 11) is 0. The van der Waals surface area contributed by atoms with Crippen molar-refractivity contribution >= 4 is 12.2 Å². The molecular weight excluding hydrogens is 358 g/mol. The minimum Gasteiger partial charge on any atom is -0.395 e. The van der Waals surface area contributed by atoms with Gasteiger partial charge >= 0.3 is 0 Å². The Morgan fingerprint density at radius 2 is 1.55 bits per heavy atom. The van der Waals surface area contributed by atoms with Crippen LogP contribution in [0.25, 0.3) is 23.3 Å². The van der Waals surface area contributed by atoms with Crippen LogP contribution in [-0.2, 0) is 6.54 Å². The minimum absolute atomic E-state index is 0.0717. The molecule has 3 nitrogen and oxygen atoms in total. The van der Waals surface area contributed by atoms with Crippen molar-refractivity contribution in [2.24, 2.45) is 0 Å². The average molecular weight is 388 g/mol. The third kappa shape index (κ3) is 5.42. The van der Waals surface area contributed by atoms with Gasteiger partial charge in [0.25, 0.3) is 0 Å². The molecule has 0 atom stereocenters. The lowest BCUT2D eigenvalue weighted by molar-refractivity contribution is 0.170. The van der Waals surface area contributed by atoms with Crippen molar-refractivity contribution in [3.05, 3.63) is 94.5 Å². The molecule has 3 aromatic carbocycles. The first-order chi connectivity index (χ1) is 14.1. The van der Waals surface area contributed by atoms with Crippen molar-refractivity contribution in [2.75, 3.05) is 13.2 Å². The maximum atomic E-state index is 9.16. The number of hydrogen-bond donors (Lipinski definition) is 3. The number of hydrogen-bond acceptors (Lipinski definition) is 3. The van der Waals surface area contributed by atoms with E-state index in [0.717, 1.165) is 5.56 Å². The molecule has 29 heavy (non-hydrogen) atoms. The van der Waals surface area contributed by atoms with Crippen molar-refractivity contribution in [1.82, 2.24) is 5.32 Å². The summed E-state index contributed by atoms with van der Waals surface area (Å²) in [6.45, 7) is 4.75. The van der Waals surface area contributed by atoms with Crippen LogP contribution in [0.5, 0.6) is 0 Å². The number of aliphatic hydroxyl groups is 2. The lowest BCUT2D eigenvalue weighted by atomic mass is 9.95. The van der Waals surface area contributed by atoms with E-state index in [0.29, 0.717) is 6.54 Å². The van der Waals surface area contributed by atoms with Crippen molar-refractivity contribution in [3.63, 3.8) is 0 Å². The lowest BCUT2D eigenvalue weighted by Crippen LogP contribution is -2.35. The summed E-state index contributed by atoms with van der Waals surface area (Å²) in [5.41, 5.74) is 8.48. The molecule has 0 aliphatic heterocycles. The Kier molecular flexibility index (Phi) is 7.36. The zero-order chi connectivity index (χ0) is 20.6. The number of aliphatic hydroxyl groups excluding tert-OH is 2. The van der Waals surface area contributed by atoms with E-state index in [4.69, 9.17) is 10.2 Å². The van der Waals surface area contributed by atoms with E-state index in [1.54, 1.807) is 0 Å². The molecular formula is C26H29NO2. The summed E-state index contributed by atoms with van der Waals surface area (Å²) in [6, 6.07) is 23.0. The maximum Gasteiger partial charge on any atom is 0.0607 e. The first-order valence-electron chi connectivity index (χ1n) is 10.00. The quantitative estimate of drug-likeness (QED) is 0.496. The molecule has 0 radical (unpaired) electrons. The van der Waals surface area contributed by atoms with Gasteiger partial charge in [-0.3, -0.25) is 0 Å². The van der Waals surface area contributed by atoms with Crippen molar-refractivity contribution in [2.45, 2.75) is 26.4 Å². The second kappa shape index (κ2) is 10.2. The number of rotatable bonds is 8. The normalized spacial score (nSPS) is 11.5. The monoisotopic (exact) mass is 387 g/mol. The topological polar surface area (TPSA) is 52.5 Å². The van der Waals surface area contributed by atoms with Gasteiger partial charge in [-0.25, -0.2) is 0 Å². The molecule has 3 N–H and O–H groups in total. The molecule has 0 saturated carbocycles. The van der Waals surface area contributed by atoms with Gasteiger partial charge in [-0.2, -0.15) is 0 Å². The SMILES string of the molecule is Cc1cc(CNC(CO)CO)ccc1/C=C/c1cccc(-c2ccccc2)c1C. The summed E-state index contributed by atoms with van der Waals surface area (Å²) in [5, 5.41) is 21.5. The van der Waals surface area contributed by atoms with E-state index in [-0.39, 0.29) is 19.3 Å². The molecule has 0 aliphatic carbocycles. The van der Waals surface area contributed by atoms with Gasteiger partial charge in [0.2, 0.25) is 0 Å². The highest BCUT2D eigenvalue weighted by molar-refractivity contribution is 5.78. The van der Waals surface area contributed by atoms with E-state index in [9.17, 15) is 0 Å². The van der Waals surface area contributed by atoms with Crippen molar-refractivity contribution in [1.29, 1.82) is 0 Å². The Balaban J connectivity index is 1.76. The molecule has 0 spiro atoms. The van der Waals surface area contributed by atoms with Gasteiger partial charge in [0.1, 0.15) is 0 Å². The smallest absolute Gasteiger partial charge is 0.0607 e. The van der Waals surface area contributed by atoms with E-state index in [1.807, 2.05) is 6.07 Å². The molecule has 0 amide bonds. The highest BCUT2D eigenvalue weighted by atomic mass is 16.3. The van der Waals surface area contributed by atoms with Crippen LogP contribution < -0.4 is 5.32 Å². The first kappa shape index (κ1) is 21.0. The largest absolute Gasteiger partial charge is 0.395 e. The van der Waals surface area contributed by atoms with Gasteiger partial charge in [0.15, 0.2) is 0 Å². The van der Waals surface area contributed by atoms with Gasteiger partial charge in [-0.1, -0.05) is 78.9 Å². The Labute approximate surface area is 173 Å². The number of aryl methyl sites for hydroxylation is 1. The molecule has 0 saturated heterocycles. The number of nitrogens with one attached hydrogen (secondary N) is 1. The molecule has 0 fully saturated rings. The third-order valence-electron chi connectivity index (χ3n) is 5.27. The molecule has 0 heterocycles. The summed E-state index contributed by atoms with van der Waals surface area (Å²) >= 11 is 0. The van der Waals surface area contributed by atoms with Crippen molar-refractivity contribution in [3.8, 4) is 11.1 Å². The molecule has 0 unspecified atom stereocenters. The molecule has 3 heteroatoms. The summed E-state index contributed by atoms with van der Waals surface area (Å²) in [4.78, 5) is 0. The third-order valence-corrected chi connectivity index (χ3v) is 5.27. The predicted molar refractivity (Wildman–Crippen MR) is 122 cm³/mol. The van der Waals surface area contributed by atoms with E-state index in [2.05, 4.69) is 92.0 Å². The zero-order valence-corrected chi connectivity index (χ0v) is 17.1. The fourth-order valence-electron chi connectivity index (χ4n) is 3.43. The molecule has 3 aromatic rings. The van der Waals surface area contributed by atoms with Crippen LogP contribution in [0, 0.1) is 13.8 Å². The van der Waals surface area contributed by atoms with E-state index in [1.165, 1.54) is 33.4 Å². The molecule has 0 aromatic heterocycles. The second-order valence-electron chi connectivity index (χ2n) is 7.35. The fourth-order valence-corrected chi connectivity index (χ4v) is 3.43. The summed E-state index contributed by atoms with van der Waals surface area (Å²) in [6.07, 6.45) is 4.34. The summed E-state index contributed by atoms with van der Waals surface area (Å²) < 4.78 is 0. The highest BCUT2D eigenvalue weighted by Gasteiger charge is 2.06. The van der Waals surface area contributed by atoms with Crippen LogP contribution in [0.2, 0.25) is 0 Å². The average Bonchev–Trinajstić information content (AvgIpc) is 2.75. The van der Waals surface area contributed by atoms with Gasteiger partial charge in [-0.15, -0.1) is 0 Å². The van der Waals surface area contributed by atoms with Gasteiger partial charge in [0.05, 0.1) is 19.3 Å². The zero-order valence-electron chi connectivity index (χ0n) is 17.1. The minimum atomic E-state index is -0.283. The van der Waals surface area contributed by atoms with Crippen LogP contribution >= 0.6 is 0 Å². The molecule has 0 bridgehead atoms. The van der Waals surface area contributed by atoms with Crippen LogP contribution in [0.4, 0.5) is 0 Å². The Bertz CT molecular complexity index is 960. The van der Waals surface area contributed by atoms with Gasteiger partial charge < -0.3 is 15.5 Å². The Morgan fingerprint density at radius 1 is 0.828 bits per heavy atom. The van der Waals surface area contributed by atoms with Crippen LogP contribution in [0.1, 0.15) is 27.8 Å². The first-order valence-corrected chi connectivity index (χ1v) is 10.00. The standard InChI is InChI=1S/C26H29NO2/c1-19-15-21(16-27-25(17-28)18-29)11-12-22(19)13-14-23-9-6-10-26(20(23)2)24-7-4-3-5-8-24/h3-15,25,27-29H,16-18H2,1-2H3/b14-13+. The molecule has 150 valence electrons. The molecule has 3 rings (SSSR count). The molecule has 0 aliphatic rings. The van der Waals surface area contributed by atoms with E-state index >= 15 is 0 Å². The predicted octanol–water partition coefficient (Wildman–Crippen LogP) is 4.58. The van der Waals surface area contributed by atoms with Crippen molar-refractivity contribution < 1.29 is 10.2 Å². The lowest BCUT2D eigenvalue weighted by Gasteiger charge is -2.14. The Hall–Kier alpha value is -2.72. The second-order valence-corrected chi connectivity index (χ2v) is 7.35. The Morgan fingerprint density at radius 3 is 2.24 bits per heavy atom. The van der Waals surface area contributed by atoms with Crippen LogP contribution in [0.15, 0.2) is 66.7 Å². The van der Waals surface area contributed by atoms with Crippen LogP contribution in [0.3, 0.4) is 0 Å². The highest BCUT2D eigenvalue weighted by Crippen LogP contribution is 2.27. The summed E-state index contributed by atoms with van der Waals surface area (Å²) in [5.74, 6) is 0. The fraction of sp³-hybridized carbons (Fsp3) is 0.231. The van der Waals surface area contributed by atoms with Gasteiger partial charge in [0, 0.05) is 6.54 Å². The number of benzene rings is 3. The van der Waals surface area contributed by atoms with Crippen LogP contribution in [-0.4, -0.2) is 29.5 Å². The van der Waals surface area contributed by atoms with Gasteiger partial charge in [-0.05, 0) is 52.8 Å². The van der Waals surface area contributed by atoms with E-state index < -0.39 is 0 Å².